The van der Waals surface area contributed by atoms with E-state index in [2.05, 4.69) is 5.32 Å². The third-order valence-corrected chi connectivity index (χ3v) is 4.08. The summed E-state index contributed by atoms with van der Waals surface area (Å²) in [5.41, 5.74) is 0. The van der Waals surface area contributed by atoms with Crippen LogP contribution < -0.4 is 10.1 Å². The minimum Gasteiger partial charge on any atom is -0.484 e. The van der Waals surface area contributed by atoms with Crippen molar-refractivity contribution in [3.8, 4) is 5.75 Å². The standard InChI is InChI=1S/C16H21ClN2O3/c1-12(20)19-8-6-13(7-9-19)10-18-16(21)11-22-15-4-2-14(17)3-5-15/h2-5,13H,6-11H2,1H3,(H,18,21). The Balaban J connectivity index is 1.64. The van der Waals surface area contributed by atoms with E-state index in [0.29, 0.717) is 23.2 Å². The average molecular weight is 325 g/mol. The van der Waals surface area contributed by atoms with Gasteiger partial charge in [0.15, 0.2) is 6.61 Å². The summed E-state index contributed by atoms with van der Waals surface area (Å²) >= 11 is 5.78. The highest BCUT2D eigenvalue weighted by Gasteiger charge is 2.20. The van der Waals surface area contributed by atoms with Crippen molar-refractivity contribution >= 4 is 23.4 Å². The molecular weight excluding hydrogens is 304 g/mol. The third kappa shape index (κ3) is 5.22. The maximum Gasteiger partial charge on any atom is 0.257 e. The maximum absolute atomic E-state index is 11.8. The minimum atomic E-state index is -0.135. The van der Waals surface area contributed by atoms with Gasteiger partial charge in [-0.3, -0.25) is 9.59 Å². The summed E-state index contributed by atoms with van der Waals surface area (Å²) in [7, 11) is 0. The average Bonchev–Trinajstić information content (AvgIpc) is 2.52. The maximum atomic E-state index is 11.8. The number of rotatable bonds is 5. The summed E-state index contributed by atoms with van der Waals surface area (Å²) in [6.45, 7) is 3.77. The van der Waals surface area contributed by atoms with Crippen LogP contribution in [0.25, 0.3) is 0 Å². The lowest BCUT2D eigenvalue weighted by Gasteiger charge is -2.31. The Bertz CT molecular complexity index is 511. The first-order valence-electron chi connectivity index (χ1n) is 7.45. The van der Waals surface area contributed by atoms with Gasteiger partial charge < -0.3 is 15.0 Å². The van der Waals surface area contributed by atoms with Crippen molar-refractivity contribution in [3.63, 3.8) is 0 Å². The minimum absolute atomic E-state index is 0.00603. The summed E-state index contributed by atoms with van der Waals surface area (Å²) in [4.78, 5) is 24.9. The molecule has 1 saturated heterocycles. The smallest absolute Gasteiger partial charge is 0.257 e. The number of carbonyl (C=O) groups is 2. The van der Waals surface area contributed by atoms with Crippen LogP contribution in [-0.4, -0.2) is 43.0 Å². The molecule has 120 valence electrons. The van der Waals surface area contributed by atoms with Gasteiger partial charge in [-0.25, -0.2) is 0 Å². The van der Waals surface area contributed by atoms with Crippen molar-refractivity contribution < 1.29 is 14.3 Å². The molecule has 1 fully saturated rings. The van der Waals surface area contributed by atoms with Crippen LogP contribution in [0, 0.1) is 5.92 Å². The monoisotopic (exact) mass is 324 g/mol. The number of ether oxygens (including phenoxy) is 1. The summed E-state index contributed by atoms with van der Waals surface area (Å²) in [5, 5.41) is 3.52. The van der Waals surface area contributed by atoms with Gasteiger partial charge in [-0.15, -0.1) is 0 Å². The van der Waals surface area contributed by atoms with E-state index in [1.54, 1.807) is 31.2 Å². The van der Waals surface area contributed by atoms with E-state index >= 15 is 0 Å². The van der Waals surface area contributed by atoms with Crippen molar-refractivity contribution in [1.82, 2.24) is 10.2 Å². The zero-order valence-corrected chi connectivity index (χ0v) is 13.4. The first kappa shape index (κ1) is 16.6. The molecule has 0 aromatic heterocycles. The van der Waals surface area contributed by atoms with Crippen molar-refractivity contribution in [1.29, 1.82) is 0 Å². The highest BCUT2D eigenvalue weighted by Crippen LogP contribution is 2.17. The summed E-state index contributed by atoms with van der Waals surface area (Å²) in [6, 6.07) is 6.90. The lowest BCUT2D eigenvalue weighted by Crippen LogP contribution is -2.41. The fraction of sp³-hybridized carbons (Fsp3) is 0.500. The number of carbonyl (C=O) groups excluding carboxylic acids is 2. The number of amides is 2. The van der Waals surface area contributed by atoms with Crippen LogP contribution in [0.15, 0.2) is 24.3 Å². The number of hydrogen-bond donors (Lipinski definition) is 1. The van der Waals surface area contributed by atoms with E-state index < -0.39 is 0 Å². The second-order valence-corrected chi connectivity index (χ2v) is 5.93. The van der Waals surface area contributed by atoms with Crippen LogP contribution in [0.2, 0.25) is 5.02 Å². The fourth-order valence-electron chi connectivity index (χ4n) is 2.44. The van der Waals surface area contributed by atoms with Gasteiger partial charge in [-0.05, 0) is 43.0 Å². The molecule has 1 aromatic carbocycles. The summed E-state index contributed by atoms with van der Waals surface area (Å²) in [5.74, 6) is 1.03. The Kier molecular flexibility index (Phi) is 6.07. The Hall–Kier alpha value is -1.75. The molecular formula is C16H21ClN2O3. The topological polar surface area (TPSA) is 58.6 Å². The fourth-order valence-corrected chi connectivity index (χ4v) is 2.57. The van der Waals surface area contributed by atoms with Crippen molar-refractivity contribution in [2.24, 2.45) is 5.92 Å². The van der Waals surface area contributed by atoms with Crippen molar-refractivity contribution in [3.05, 3.63) is 29.3 Å². The zero-order valence-electron chi connectivity index (χ0n) is 12.7. The Labute approximate surface area is 135 Å². The highest BCUT2D eigenvalue weighted by atomic mass is 35.5. The zero-order chi connectivity index (χ0) is 15.9. The Morgan fingerprint density at radius 2 is 1.91 bits per heavy atom. The first-order chi connectivity index (χ1) is 10.5. The van der Waals surface area contributed by atoms with Crippen molar-refractivity contribution in [2.75, 3.05) is 26.2 Å². The Morgan fingerprint density at radius 1 is 1.27 bits per heavy atom. The SMILES string of the molecule is CC(=O)N1CCC(CNC(=O)COc2ccc(Cl)cc2)CC1. The van der Waals surface area contributed by atoms with Gasteiger partial charge in [-0.1, -0.05) is 11.6 Å². The predicted molar refractivity (Wildman–Crippen MR) is 84.9 cm³/mol. The number of nitrogens with zero attached hydrogens (tertiary/aromatic N) is 1. The van der Waals surface area contributed by atoms with Gasteiger partial charge >= 0.3 is 0 Å². The normalized spacial score (nSPS) is 15.5. The van der Waals surface area contributed by atoms with Crippen LogP contribution in [0.4, 0.5) is 0 Å². The first-order valence-corrected chi connectivity index (χ1v) is 7.83. The molecule has 1 aliphatic heterocycles. The summed E-state index contributed by atoms with van der Waals surface area (Å²) in [6.07, 6.45) is 1.86. The molecule has 1 aliphatic rings. The number of nitrogens with one attached hydrogen (secondary N) is 1. The van der Waals surface area contributed by atoms with E-state index in [0.717, 1.165) is 25.9 Å². The van der Waals surface area contributed by atoms with Crippen LogP contribution in [0.1, 0.15) is 19.8 Å². The molecule has 1 N–H and O–H groups in total. The molecule has 2 amide bonds. The lowest BCUT2D eigenvalue weighted by atomic mass is 9.97. The number of benzene rings is 1. The predicted octanol–water partition coefficient (Wildman–Crippen LogP) is 2.09. The molecule has 0 bridgehead atoms. The molecule has 22 heavy (non-hydrogen) atoms. The van der Waals surface area contributed by atoms with Crippen LogP contribution >= 0.6 is 11.6 Å². The number of hydrogen-bond acceptors (Lipinski definition) is 3. The quantitative estimate of drug-likeness (QED) is 0.902. The second-order valence-electron chi connectivity index (χ2n) is 5.50. The summed E-state index contributed by atoms with van der Waals surface area (Å²) < 4.78 is 5.39. The van der Waals surface area contributed by atoms with E-state index in [1.807, 2.05) is 4.90 Å². The molecule has 0 aliphatic carbocycles. The molecule has 2 rings (SSSR count). The van der Waals surface area contributed by atoms with Crippen LogP contribution in [0.3, 0.4) is 0 Å². The molecule has 1 aromatic rings. The highest BCUT2D eigenvalue weighted by molar-refractivity contribution is 6.30. The number of likely N-dealkylation sites (tertiary alicyclic amines) is 1. The van der Waals surface area contributed by atoms with E-state index in [-0.39, 0.29) is 18.4 Å². The Morgan fingerprint density at radius 3 is 2.50 bits per heavy atom. The lowest BCUT2D eigenvalue weighted by molar-refractivity contribution is -0.130. The van der Waals surface area contributed by atoms with Gasteiger partial charge in [0.05, 0.1) is 0 Å². The van der Waals surface area contributed by atoms with Crippen LogP contribution in [-0.2, 0) is 9.59 Å². The van der Waals surface area contributed by atoms with Crippen LogP contribution in [0.5, 0.6) is 5.75 Å². The molecule has 0 spiro atoms. The molecule has 0 saturated carbocycles. The number of piperidine rings is 1. The van der Waals surface area contributed by atoms with E-state index in [1.165, 1.54) is 0 Å². The molecule has 0 atom stereocenters. The molecule has 1 heterocycles. The molecule has 5 nitrogen and oxygen atoms in total. The van der Waals surface area contributed by atoms with E-state index in [4.69, 9.17) is 16.3 Å². The third-order valence-electron chi connectivity index (χ3n) is 3.83. The number of halogens is 1. The van der Waals surface area contributed by atoms with Gasteiger partial charge in [0, 0.05) is 31.6 Å². The van der Waals surface area contributed by atoms with Gasteiger partial charge in [0.2, 0.25) is 5.91 Å². The molecule has 6 heteroatoms. The molecule has 0 radical (unpaired) electrons. The van der Waals surface area contributed by atoms with Crippen molar-refractivity contribution in [2.45, 2.75) is 19.8 Å². The van der Waals surface area contributed by atoms with Gasteiger partial charge in [0.1, 0.15) is 5.75 Å². The van der Waals surface area contributed by atoms with E-state index in [9.17, 15) is 9.59 Å². The van der Waals surface area contributed by atoms with Gasteiger partial charge in [-0.2, -0.15) is 0 Å². The second kappa shape index (κ2) is 8.03. The molecule has 0 unspecified atom stereocenters. The largest absolute Gasteiger partial charge is 0.484 e. The van der Waals surface area contributed by atoms with Gasteiger partial charge in [0.25, 0.3) is 5.91 Å².